The first-order valence-corrected chi connectivity index (χ1v) is 5.73. The molecule has 0 heterocycles. The van der Waals surface area contributed by atoms with E-state index in [1.165, 1.54) is 6.42 Å². The van der Waals surface area contributed by atoms with Gasteiger partial charge in [-0.25, -0.2) is 0 Å². The fourth-order valence-corrected chi connectivity index (χ4v) is 1.31. The van der Waals surface area contributed by atoms with Gasteiger partial charge in [0, 0.05) is 12.2 Å². The van der Waals surface area contributed by atoms with E-state index in [1.54, 1.807) is 0 Å². The summed E-state index contributed by atoms with van der Waals surface area (Å²) in [7, 11) is 0. The topological polar surface area (TPSA) is 24.1 Å². The molecule has 0 saturated carbocycles. The maximum Gasteiger partial charge on any atom is 0.170 e. The molecule has 2 nitrogen and oxygen atoms in total. The fourth-order valence-electron chi connectivity index (χ4n) is 1.11. The first kappa shape index (κ1) is 12.0. The summed E-state index contributed by atoms with van der Waals surface area (Å²) in [5.74, 6) is 0.653. The van der Waals surface area contributed by atoms with Crippen LogP contribution in [0.4, 0.5) is 5.69 Å². The molecule has 0 bridgehead atoms. The van der Waals surface area contributed by atoms with E-state index in [0.717, 1.165) is 12.2 Å². The van der Waals surface area contributed by atoms with Gasteiger partial charge < -0.3 is 10.6 Å². The minimum absolute atomic E-state index is 0.653. The van der Waals surface area contributed by atoms with Crippen molar-refractivity contribution in [2.45, 2.75) is 20.3 Å². The molecule has 2 N–H and O–H groups in total. The van der Waals surface area contributed by atoms with Crippen molar-refractivity contribution in [1.29, 1.82) is 0 Å². The van der Waals surface area contributed by atoms with Gasteiger partial charge in [-0.1, -0.05) is 38.5 Å². The number of rotatable bonds is 4. The van der Waals surface area contributed by atoms with Gasteiger partial charge in [0.05, 0.1) is 0 Å². The molecule has 0 amide bonds. The highest BCUT2D eigenvalue weighted by atomic mass is 32.1. The van der Waals surface area contributed by atoms with E-state index < -0.39 is 0 Å². The van der Waals surface area contributed by atoms with Crippen LogP contribution in [0.3, 0.4) is 0 Å². The molecule has 82 valence electrons. The van der Waals surface area contributed by atoms with Crippen molar-refractivity contribution in [3.63, 3.8) is 0 Å². The molecule has 1 rings (SSSR count). The molecule has 0 saturated heterocycles. The number of hydrogen-bond donors (Lipinski definition) is 2. The minimum atomic E-state index is 0.653. The summed E-state index contributed by atoms with van der Waals surface area (Å²) in [6, 6.07) is 9.95. The summed E-state index contributed by atoms with van der Waals surface area (Å²) in [4.78, 5) is 0. The second-order valence-corrected chi connectivity index (χ2v) is 4.12. The van der Waals surface area contributed by atoms with E-state index >= 15 is 0 Å². The van der Waals surface area contributed by atoms with Gasteiger partial charge in [0.2, 0.25) is 0 Å². The van der Waals surface area contributed by atoms with Gasteiger partial charge in [-0.15, -0.1) is 0 Å². The van der Waals surface area contributed by atoms with Crippen molar-refractivity contribution in [2.24, 2.45) is 5.92 Å². The fraction of sp³-hybridized carbons (Fsp3) is 0.417. The zero-order valence-electron chi connectivity index (χ0n) is 9.29. The minimum Gasteiger partial charge on any atom is -0.362 e. The van der Waals surface area contributed by atoms with Crippen LogP contribution in [-0.4, -0.2) is 11.7 Å². The zero-order valence-corrected chi connectivity index (χ0v) is 10.1. The Kier molecular flexibility index (Phi) is 5.12. The largest absolute Gasteiger partial charge is 0.362 e. The number of para-hydroxylation sites is 1. The molecule has 0 fully saturated rings. The molecule has 1 unspecified atom stereocenters. The number of thiocarbonyl (C=S) groups is 1. The van der Waals surface area contributed by atoms with E-state index in [2.05, 4.69) is 24.5 Å². The number of benzene rings is 1. The van der Waals surface area contributed by atoms with Crippen LogP contribution in [0.5, 0.6) is 0 Å². The Labute approximate surface area is 97.1 Å². The molecule has 0 radical (unpaired) electrons. The van der Waals surface area contributed by atoms with Crippen LogP contribution in [0.2, 0.25) is 0 Å². The molecule has 1 aromatic carbocycles. The van der Waals surface area contributed by atoms with E-state index in [0.29, 0.717) is 11.0 Å². The molecular weight excluding hydrogens is 204 g/mol. The van der Waals surface area contributed by atoms with Gasteiger partial charge in [-0.05, 0) is 30.3 Å². The summed E-state index contributed by atoms with van der Waals surface area (Å²) in [6.07, 6.45) is 1.17. The Morgan fingerprint density at radius 1 is 1.33 bits per heavy atom. The van der Waals surface area contributed by atoms with Gasteiger partial charge in [0.25, 0.3) is 0 Å². The van der Waals surface area contributed by atoms with Gasteiger partial charge in [0.1, 0.15) is 0 Å². The third kappa shape index (κ3) is 4.79. The smallest absolute Gasteiger partial charge is 0.170 e. The average Bonchev–Trinajstić information content (AvgIpc) is 2.27. The van der Waals surface area contributed by atoms with Crippen LogP contribution in [-0.2, 0) is 0 Å². The van der Waals surface area contributed by atoms with Gasteiger partial charge in [-0.3, -0.25) is 0 Å². The van der Waals surface area contributed by atoms with E-state index in [4.69, 9.17) is 12.2 Å². The molecule has 1 atom stereocenters. The van der Waals surface area contributed by atoms with E-state index in [9.17, 15) is 0 Å². The third-order valence-corrected chi connectivity index (χ3v) is 2.59. The zero-order chi connectivity index (χ0) is 11.1. The first-order valence-electron chi connectivity index (χ1n) is 5.32. The average molecular weight is 222 g/mol. The van der Waals surface area contributed by atoms with Crippen molar-refractivity contribution in [2.75, 3.05) is 11.9 Å². The summed E-state index contributed by atoms with van der Waals surface area (Å²) < 4.78 is 0. The van der Waals surface area contributed by atoms with Crippen LogP contribution in [0, 0.1) is 5.92 Å². The van der Waals surface area contributed by atoms with Crippen molar-refractivity contribution in [1.82, 2.24) is 5.32 Å². The molecule has 1 aromatic rings. The van der Waals surface area contributed by atoms with Crippen LogP contribution < -0.4 is 10.6 Å². The summed E-state index contributed by atoms with van der Waals surface area (Å²) in [5, 5.41) is 7.04. The lowest BCUT2D eigenvalue weighted by atomic mass is 10.1. The highest BCUT2D eigenvalue weighted by molar-refractivity contribution is 7.80. The SMILES string of the molecule is CCC(C)CNC(=S)Nc1ccccc1. The Hall–Kier alpha value is -1.09. The van der Waals surface area contributed by atoms with E-state index in [1.807, 2.05) is 30.3 Å². The standard InChI is InChI=1S/C12H18N2S/c1-3-10(2)9-13-12(15)14-11-7-5-4-6-8-11/h4-8,10H,3,9H2,1-2H3,(H2,13,14,15). The molecule has 0 aromatic heterocycles. The normalized spacial score (nSPS) is 11.9. The summed E-state index contributed by atoms with van der Waals surface area (Å²) in [6.45, 7) is 5.31. The van der Waals surface area contributed by atoms with Crippen molar-refractivity contribution in [3.05, 3.63) is 30.3 Å². The second-order valence-electron chi connectivity index (χ2n) is 3.71. The highest BCUT2D eigenvalue weighted by Crippen LogP contribution is 2.04. The number of nitrogens with one attached hydrogen (secondary N) is 2. The highest BCUT2D eigenvalue weighted by Gasteiger charge is 2.00. The lowest BCUT2D eigenvalue weighted by Crippen LogP contribution is -2.31. The lowest BCUT2D eigenvalue weighted by Gasteiger charge is -2.13. The molecular formula is C12H18N2S. The Morgan fingerprint density at radius 3 is 2.60 bits per heavy atom. The van der Waals surface area contributed by atoms with Crippen LogP contribution in [0.25, 0.3) is 0 Å². The molecule has 0 aliphatic heterocycles. The Bertz CT molecular complexity index is 298. The van der Waals surface area contributed by atoms with Gasteiger partial charge >= 0.3 is 0 Å². The van der Waals surface area contributed by atoms with Crippen LogP contribution >= 0.6 is 12.2 Å². The predicted molar refractivity (Wildman–Crippen MR) is 70.1 cm³/mol. The summed E-state index contributed by atoms with van der Waals surface area (Å²) in [5.41, 5.74) is 1.03. The van der Waals surface area contributed by atoms with E-state index in [-0.39, 0.29) is 0 Å². The Morgan fingerprint density at radius 2 is 2.00 bits per heavy atom. The monoisotopic (exact) mass is 222 g/mol. The first-order chi connectivity index (χ1) is 7.22. The lowest BCUT2D eigenvalue weighted by molar-refractivity contribution is 0.550. The molecule has 0 aliphatic rings. The predicted octanol–water partition coefficient (Wildman–Crippen LogP) is 3.02. The van der Waals surface area contributed by atoms with Gasteiger partial charge in [-0.2, -0.15) is 0 Å². The third-order valence-electron chi connectivity index (χ3n) is 2.34. The van der Waals surface area contributed by atoms with Crippen molar-refractivity contribution < 1.29 is 0 Å². The molecule has 0 spiro atoms. The number of anilines is 1. The molecule has 15 heavy (non-hydrogen) atoms. The van der Waals surface area contributed by atoms with Crippen LogP contribution in [0.1, 0.15) is 20.3 Å². The second kappa shape index (κ2) is 6.40. The maximum absolute atomic E-state index is 5.18. The quantitative estimate of drug-likeness (QED) is 0.766. The van der Waals surface area contributed by atoms with Crippen molar-refractivity contribution in [3.8, 4) is 0 Å². The van der Waals surface area contributed by atoms with Crippen LogP contribution in [0.15, 0.2) is 30.3 Å². The summed E-state index contributed by atoms with van der Waals surface area (Å²) >= 11 is 5.18. The molecule has 3 heteroatoms. The molecule has 0 aliphatic carbocycles. The van der Waals surface area contributed by atoms with Gasteiger partial charge in [0.15, 0.2) is 5.11 Å². The van der Waals surface area contributed by atoms with Crippen molar-refractivity contribution >= 4 is 23.0 Å². The number of hydrogen-bond acceptors (Lipinski definition) is 1. The maximum atomic E-state index is 5.18. The Balaban J connectivity index is 2.31.